The quantitative estimate of drug-likeness (QED) is 0.385. The number of aromatic nitrogens is 1. The summed E-state index contributed by atoms with van der Waals surface area (Å²) in [4.78, 5) is 48.3. The molecule has 5 aliphatic rings. The number of piperidine rings is 1. The minimum Gasteiger partial charge on any atom is -0.396 e. The summed E-state index contributed by atoms with van der Waals surface area (Å²) in [5.41, 5.74) is 4.36. The maximum Gasteiger partial charge on any atom is 0.245 e. The maximum atomic E-state index is 13.6. The number of aliphatic hydroxyl groups excluding tert-OH is 1. The molecule has 0 bridgehead atoms. The van der Waals surface area contributed by atoms with Gasteiger partial charge in [-0.1, -0.05) is 46.1 Å². The summed E-state index contributed by atoms with van der Waals surface area (Å²) in [6, 6.07) is 5.59. The van der Waals surface area contributed by atoms with E-state index in [1.807, 2.05) is 29.5 Å². The summed E-state index contributed by atoms with van der Waals surface area (Å²) in [5.74, 6) is 0.326. The monoisotopic (exact) mass is 653 g/mol. The van der Waals surface area contributed by atoms with Crippen LogP contribution < -0.4 is 10.2 Å². The largest absolute Gasteiger partial charge is 0.396 e. The van der Waals surface area contributed by atoms with Crippen LogP contribution >= 0.6 is 11.3 Å². The number of carbonyl (C=O) groups excluding carboxylic acids is 3. The van der Waals surface area contributed by atoms with Crippen molar-refractivity contribution in [2.24, 2.45) is 22.7 Å². The molecule has 1 spiro atoms. The summed E-state index contributed by atoms with van der Waals surface area (Å²) < 4.78 is 1.12. The Morgan fingerprint density at radius 3 is 2.33 bits per heavy atom. The highest BCUT2D eigenvalue weighted by Gasteiger charge is 2.57. The third kappa shape index (κ3) is 8.40. The van der Waals surface area contributed by atoms with E-state index in [9.17, 15) is 14.4 Å². The average Bonchev–Trinajstić information content (AvgIpc) is 3.43. The van der Waals surface area contributed by atoms with Gasteiger partial charge < -0.3 is 25.1 Å². The molecule has 3 aliphatic heterocycles. The van der Waals surface area contributed by atoms with E-state index in [-0.39, 0.29) is 23.1 Å². The molecule has 10 heteroatoms. The number of amides is 3. The Bertz CT molecular complexity index is 1310. The van der Waals surface area contributed by atoms with Crippen molar-refractivity contribution in [2.75, 3.05) is 50.8 Å². The lowest BCUT2D eigenvalue weighted by molar-refractivity contribution is -0.143. The maximum absolute atomic E-state index is 13.6. The molecule has 4 heterocycles. The number of anilines is 1. The molecule has 9 nitrogen and oxygen atoms in total. The fraction of sp³-hybridized carbons (Fsp3) is 0.722. The highest BCUT2D eigenvalue weighted by atomic mass is 32.1. The van der Waals surface area contributed by atoms with E-state index in [1.54, 1.807) is 16.2 Å². The smallest absolute Gasteiger partial charge is 0.245 e. The number of benzene rings is 1. The van der Waals surface area contributed by atoms with Crippen molar-refractivity contribution < 1.29 is 19.5 Å². The van der Waals surface area contributed by atoms with E-state index in [2.05, 4.69) is 35.1 Å². The number of likely N-dealkylation sites (tertiary alicyclic amines) is 2. The van der Waals surface area contributed by atoms with Crippen molar-refractivity contribution >= 4 is 45.5 Å². The number of carbonyl (C=O) groups is 3. The second-order valence-electron chi connectivity index (χ2n) is 15.0. The summed E-state index contributed by atoms with van der Waals surface area (Å²) in [6.45, 7) is 10.9. The van der Waals surface area contributed by atoms with E-state index in [1.165, 1.54) is 44.9 Å². The molecule has 3 amide bonds. The zero-order valence-electron chi connectivity index (χ0n) is 28.2. The summed E-state index contributed by atoms with van der Waals surface area (Å²) in [5, 5.41) is 11.8. The third-order valence-corrected chi connectivity index (χ3v) is 11.6. The zero-order valence-corrected chi connectivity index (χ0v) is 29.0. The molecule has 2 aromatic rings. The van der Waals surface area contributed by atoms with Crippen LogP contribution in [0.1, 0.15) is 91.4 Å². The Labute approximate surface area is 279 Å². The van der Waals surface area contributed by atoms with Gasteiger partial charge >= 0.3 is 0 Å². The molecule has 7 rings (SSSR count). The van der Waals surface area contributed by atoms with Gasteiger partial charge in [-0.15, -0.1) is 11.3 Å². The van der Waals surface area contributed by atoms with Crippen molar-refractivity contribution in [3.8, 4) is 0 Å². The Hall–Kier alpha value is -2.72. The zero-order chi connectivity index (χ0) is 32.7. The molecular formula is C36H55N5O4S. The number of fused-ring (bicyclic) bond motifs is 1. The average molecular weight is 654 g/mol. The lowest BCUT2D eigenvalue weighted by atomic mass is 9.71. The molecule has 1 aromatic carbocycles. The fourth-order valence-electron chi connectivity index (χ4n) is 7.36. The first-order chi connectivity index (χ1) is 22.2. The highest BCUT2D eigenvalue weighted by Crippen LogP contribution is 2.46. The van der Waals surface area contributed by atoms with Crippen LogP contribution in [0.15, 0.2) is 23.7 Å². The van der Waals surface area contributed by atoms with Crippen molar-refractivity contribution in [1.29, 1.82) is 0 Å². The molecule has 2 aliphatic carbocycles. The Kier molecular flexibility index (Phi) is 11.6. The second-order valence-corrected chi connectivity index (χ2v) is 15.8. The van der Waals surface area contributed by atoms with Crippen LogP contribution in [-0.2, 0) is 14.4 Å². The lowest BCUT2D eigenvalue weighted by Crippen LogP contribution is -2.63. The van der Waals surface area contributed by atoms with Crippen LogP contribution in [0.25, 0.3) is 10.2 Å². The van der Waals surface area contributed by atoms with E-state index in [0.29, 0.717) is 45.1 Å². The molecule has 46 heavy (non-hydrogen) atoms. The van der Waals surface area contributed by atoms with Crippen LogP contribution in [0.2, 0.25) is 0 Å². The van der Waals surface area contributed by atoms with Crippen LogP contribution in [0, 0.1) is 22.7 Å². The molecular weight excluding hydrogens is 598 g/mol. The molecule has 1 aromatic heterocycles. The Balaban J connectivity index is 0.000000265. The minimum absolute atomic E-state index is 0.0343. The van der Waals surface area contributed by atoms with Crippen LogP contribution in [-0.4, -0.2) is 90.0 Å². The predicted octanol–water partition coefficient (Wildman–Crippen LogP) is 5.46. The van der Waals surface area contributed by atoms with Crippen molar-refractivity contribution in [3.63, 3.8) is 0 Å². The Morgan fingerprint density at radius 2 is 1.74 bits per heavy atom. The fourth-order valence-corrected chi connectivity index (χ4v) is 8.19. The first-order valence-electron chi connectivity index (χ1n) is 17.6. The van der Waals surface area contributed by atoms with Gasteiger partial charge in [0.05, 0.1) is 27.3 Å². The number of hydrogen-bond donors (Lipinski definition) is 2. The van der Waals surface area contributed by atoms with Crippen molar-refractivity contribution in [2.45, 2.75) is 97.4 Å². The van der Waals surface area contributed by atoms with Gasteiger partial charge in [0.15, 0.2) is 0 Å². The standard InChI is InChI=1S/C24H31N5O3S.C7H14O.C5H10/c1-2-18(23(32)28-9-4-3-5-10-28)26-22(31)17-11-29(14-24(17)12-27(13-24)16-30)20-8-6-7-19-21(20)33-15-25-19;8-6-7-4-2-1-3-5-7;1-5(2)3-4-5/h6-8,15-18H,2-5,9-14H2,1H3,(H,26,31);7-8H,1-6H2;3-4H2,1-2H3. The lowest BCUT2D eigenvalue weighted by Gasteiger charge is -2.48. The summed E-state index contributed by atoms with van der Waals surface area (Å²) >= 11 is 1.61. The normalized spacial score (nSPS) is 23.8. The first kappa shape index (κ1) is 34.6. The summed E-state index contributed by atoms with van der Waals surface area (Å²) in [6.07, 6.45) is 14.1. The topological polar surface area (TPSA) is 106 Å². The van der Waals surface area contributed by atoms with Gasteiger partial charge in [-0.25, -0.2) is 4.98 Å². The molecule has 5 fully saturated rings. The van der Waals surface area contributed by atoms with E-state index < -0.39 is 6.04 Å². The number of thiazole rings is 1. The van der Waals surface area contributed by atoms with Crippen LogP contribution in [0.5, 0.6) is 0 Å². The van der Waals surface area contributed by atoms with Gasteiger partial charge in [-0.2, -0.15) is 0 Å². The van der Waals surface area contributed by atoms with Crippen molar-refractivity contribution in [3.05, 3.63) is 23.7 Å². The van der Waals surface area contributed by atoms with Gasteiger partial charge in [-0.05, 0) is 74.8 Å². The molecule has 254 valence electrons. The van der Waals surface area contributed by atoms with E-state index in [4.69, 9.17) is 5.11 Å². The first-order valence-corrected chi connectivity index (χ1v) is 18.5. The van der Waals surface area contributed by atoms with E-state index in [0.717, 1.165) is 60.1 Å². The molecule has 2 atom stereocenters. The number of aliphatic hydroxyl groups is 1. The van der Waals surface area contributed by atoms with Gasteiger partial charge in [0.1, 0.15) is 6.04 Å². The van der Waals surface area contributed by atoms with Crippen molar-refractivity contribution in [1.82, 2.24) is 20.1 Å². The molecule has 2 unspecified atom stereocenters. The Morgan fingerprint density at radius 1 is 1.07 bits per heavy atom. The minimum atomic E-state index is -0.492. The van der Waals surface area contributed by atoms with Gasteiger partial charge in [0, 0.05) is 51.3 Å². The molecule has 2 saturated carbocycles. The third-order valence-electron chi connectivity index (χ3n) is 10.7. The number of hydrogen-bond acceptors (Lipinski definition) is 7. The second kappa shape index (κ2) is 15.5. The predicted molar refractivity (Wildman–Crippen MR) is 185 cm³/mol. The van der Waals surface area contributed by atoms with Gasteiger partial charge in [0.2, 0.25) is 18.2 Å². The van der Waals surface area contributed by atoms with Crippen LogP contribution in [0.3, 0.4) is 0 Å². The highest BCUT2D eigenvalue weighted by molar-refractivity contribution is 7.17. The molecule has 0 radical (unpaired) electrons. The molecule has 2 N–H and O–H groups in total. The van der Waals surface area contributed by atoms with Gasteiger partial charge in [0.25, 0.3) is 0 Å². The van der Waals surface area contributed by atoms with E-state index >= 15 is 0 Å². The summed E-state index contributed by atoms with van der Waals surface area (Å²) in [7, 11) is 0. The SMILES string of the molecule is CC1(C)CC1.CCC(NC(=O)C1CN(c2cccc3ncsc23)CC12CN(C=O)C2)C(=O)N1CCCCC1.OCC1CCCCC1. The van der Waals surface area contributed by atoms with Crippen LogP contribution in [0.4, 0.5) is 5.69 Å². The number of nitrogens with zero attached hydrogens (tertiary/aromatic N) is 4. The number of nitrogens with one attached hydrogen (secondary N) is 1. The van der Waals surface area contributed by atoms with Gasteiger partial charge in [-0.3, -0.25) is 14.4 Å². The number of rotatable bonds is 7. The molecule has 3 saturated heterocycles.